The smallest absolute Gasteiger partial charge is 0.233 e. The summed E-state index contributed by atoms with van der Waals surface area (Å²) >= 11 is 0. The SMILES string of the molecule is Cc1ncn(-c2ccc(NC(=O)C3(CF)CCOCC3)cc2)c1C. The van der Waals surface area contributed by atoms with Crippen molar-refractivity contribution in [2.24, 2.45) is 5.41 Å². The molecule has 2 heterocycles. The van der Waals surface area contributed by atoms with E-state index in [1.165, 1.54) is 0 Å². The van der Waals surface area contributed by atoms with Crippen LogP contribution in [-0.2, 0) is 9.53 Å². The number of anilines is 1. The predicted molar refractivity (Wildman–Crippen MR) is 90.1 cm³/mol. The van der Waals surface area contributed by atoms with Crippen molar-refractivity contribution in [3.63, 3.8) is 0 Å². The highest BCUT2D eigenvalue weighted by atomic mass is 19.1. The second-order valence-electron chi connectivity index (χ2n) is 6.31. The van der Waals surface area contributed by atoms with Crippen molar-refractivity contribution in [1.82, 2.24) is 9.55 Å². The first-order valence-electron chi connectivity index (χ1n) is 8.12. The Bertz CT molecular complexity index is 718. The number of aromatic nitrogens is 2. The lowest BCUT2D eigenvalue weighted by atomic mass is 9.80. The fraction of sp³-hybridized carbons (Fsp3) is 0.444. The number of benzene rings is 1. The third kappa shape index (κ3) is 3.06. The van der Waals surface area contributed by atoms with Gasteiger partial charge in [-0.2, -0.15) is 0 Å². The Balaban J connectivity index is 1.74. The first-order valence-corrected chi connectivity index (χ1v) is 8.12. The Morgan fingerprint density at radius 3 is 2.50 bits per heavy atom. The van der Waals surface area contributed by atoms with Crippen molar-refractivity contribution < 1.29 is 13.9 Å². The molecule has 0 atom stereocenters. The molecule has 0 radical (unpaired) electrons. The first-order chi connectivity index (χ1) is 11.6. The number of amides is 1. The van der Waals surface area contributed by atoms with Gasteiger partial charge >= 0.3 is 0 Å². The normalized spacial score (nSPS) is 16.8. The molecule has 1 aromatic carbocycles. The van der Waals surface area contributed by atoms with Crippen LogP contribution in [0.1, 0.15) is 24.2 Å². The molecule has 0 bridgehead atoms. The molecule has 3 rings (SSSR count). The minimum absolute atomic E-state index is 0.268. The molecule has 1 amide bonds. The number of aryl methyl sites for hydroxylation is 1. The number of rotatable bonds is 4. The monoisotopic (exact) mass is 331 g/mol. The van der Waals surface area contributed by atoms with E-state index >= 15 is 0 Å². The maximum Gasteiger partial charge on any atom is 0.233 e. The van der Waals surface area contributed by atoms with Gasteiger partial charge < -0.3 is 14.6 Å². The van der Waals surface area contributed by atoms with E-state index in [-0.39, 0.29) is 5.91 Å². The van der Waals surface area contributed by atoms with E-state index in [9.17, 15) is 9.18 Å². The van der Waals surface area contributed by atoms with Gasteiger partial charge in [-0.1, -0.05) is 0 Å². The molecule has 1 aliphatic heterocycles. The molecule has 0 saturated carbocycles. The summed E-state index contributed by atoms with van der Waals surface area (Å²) in [7, 11) is 0. The molecule has 1 aromatic heterocycles. The van der Waals surface area contributed by atoms with Crippen LogP contribution in [0.3, 0.4) is 0 Å². The Morgan fingerprint density at radius 1 is 1.29 bits per heavy atom. The average molecular weight is 331 g/mol. The Hall–Kier alpha value is -2.21. The van der Waals surface area contributed by atoms with E-state index < -0.39 is 12.1 Å². The third-order valence-corrected chi connectivity index (χ3v) is 4.84. The Labute approximate surface area is 140 Å². The second-order valence-corrected chi connectivity index (χ2v) is 6.31. The van der Waals surface area contributed by atoms with Gasteiger partial charge in [0.05, 0.1) is 17.4 Å². The number of hydrogen-bond acceptors (Lipinski definition) is 3. The molecule has 2 aromatic rings. The average Bonchev–Trinajstić information content (AvgIpc) is 2.95. The van der Waals surface area contributed by atoms with Crippen molar-refractivity contribution in [3.8, 4) is 5.69 Å². The van der Waals surface area contributed by atoms with Crippen LogP contribution in [0.5, 0.6) is 0 Å². The molecule has 0 spiro atoms. The van der Waals surface area contributed by atoms with Crippen LogP contribution in [-0.4, -0.2) is 35.3 Å². The summed E-state index contributed by atoms with van der Waals surface area (Å²) in [5, 5.41) is 2.84. The molecular weight excluding hydrogens is 309 g/mol. The summed E-state index contributed by atoms with van der Waals surface area (Å²) in [4.78, 5) is 16.8. The number of nitrogens with one attached hydrogen (secondary N) is 1. The summed E-state index contributed by atoms with van der Waals surface area (Å²) < 4.78 is 20.7. The lowest BCUT2D eigenvalue weighted by molar-refractivity contribution is -0.132. The summed E-state index contributed by atoms with van der Waals surface area (Å²) in [6, 6.07) is 7.48. The molecule has 0 unspecified atom stereocenters. The zero-order valence-electron chi connectivity index (χ0n) is 14.0. The van der Waals surface area contributed by atoms with Gasteiger partial charge in [-0.25, -0.2) is 9.37 Å². The number of nitrogens with zero attached hydrogens (tertiary/aromatic N) is 2. The highest BCUT2D eigenvalue weighted by Gasteiger charge is 2.40. The fourth-order valence-electron chi connectivity index (χ4n) is 2.91. The van der Waals surface area contributed by atoms with Gasteiger partial charge in [0, 0.05) is 30.3 Å². The van der Waals surface area contributed by atoms with Crippen molar-refractivity contribution in [2.45, 2.75) is 26.7 Å². The van der Waals surface area contributed by atoms with E-state index in [0.29, 0.717) is 31.7 Å². The first kappa shape index (κ1) is 16.6. The van der Waals surface area contributed by atoms with E-state index in [1.54, 1.807) is 6.33 Å². The van der Waals surface area contributed by atoms with Gasteiger partial charge in [-0.3, -0.25) is 4.79 Å². The van der Waals surface area contributed by atoms with Crippen LogP contribution in [0, 0.1) is 19.3 Å². The summed E-state index contributed by atoms with van der Waals surface area (Å²) in [5.41, 5.74) is 2.73. The highest BCUT2D eigenvalue weighted by Crippen LogP contribution is 2.32. The molecular formula is C18H22FN3O2. The Kier molecular flexibility index (Phi) is 4.66. The second kappa shape index (κ2) is 6.73. The number of ether oxygens (including phenoxy) is 1. The maximum atomic E-state index is 13.5. The lowest BCUT2D eigenvalue weighted by Crippen LogP contribution is -2.42. The number of carbonyl (C=O) groups is 1. The number of alkyl halides is 1. The van der Waals surface area contributed by atoms with Crippen molar-refractivity contribution >= 4 is 11.6 Å². The van der Waals surface area contributed by atoms with Crippen LogP contribution >= 0.6 is 0 Å². The molecule has 128 valence electrons. The summed E-state index contributed by atoms with van der Waals surface area (Å²) in [6.45, 7) is 4.16. The van der Waals surface area contributed by atoms with Crippen LogP contribution in [0.2, 0.25) is 0 Å². The zero-order valence-corrected chi connectivity index (χ0v) is 14.0. The van der Waals surface area contributed by atoms with E-state index in [1.807, 2.05) is 42.7 Å². The largest absolute Gasteiger partial charge is 0.381 e. The van der Waals surface area contributed by atoms with Crippen molar-refractivity contribution in [3.05, 3.63) is 42.0 Å². The molecule has 0 aliphatic carbocycles. The number of halogens is 1. The van der Waals surface area contributed by atoms with Gasteiger partial charge in [0.1, 0.15) is 6.67 Å². The van der Waals surface area contributed by atoms with Gasteiger partial charge in [0.2, 0.25) is 5.91 Å². The minimum Gasteiger partial charge on any atom is -0.381 e. The molecule has 24 heavy (non-hydrogen) atoms. The van der Waals surface area contributed by atoms with Gasteiger partial charge in [-0.05, 0) is 51.0 Å². The van der Waals surface area contributed by atoms with Crippen LogP contribution in [0.4, 0.5) is 10.1 Å². The zero-order chi connectivity index (χ0) is 17.2. The highest BCUT2D eigenvalue weighted by molar-refractivity contribution is 5.95. The standard InChI is InChI=1S/C18H22FN3O2/c1-13-14(2)22(12-20-13)16-5-3-15(4-6-16)21-17(23)18(11-19)7-9-24-10-8-18/h3-6,12H,7-11H2,1-2H3,(H,21,23). The number of imidazole rings is 1. The predicted octanol–water partition coefficient (Wildman–Crippen LogP) is 3.19. The quantitative estimate of drug-likeness (QED) is 0.936. The van der Waals surface area contributed by atoms with Gasteiger partial charge in [-0.15, -0.1) is 0 Å². The molecule has 6 heteroatoms. The van der Waals surface area contributed by atoms with Crippen molar-refractivity contribution in [1.29, 1.82) is 0 Å². The molecule has 1 fully saturated rings. The molecule has 5 nitrogen and oxygen atoms in total. The van der Waals surface area contributed by atoms with Gasteiger partial charge in [0.25, 0.3) is 0 Å². The molecule has 1 aliphatic rings. The number of hydrogen-bond donors (Lipinski definition) is 1. The minimum atomic E-state index is -0.963. The van der Waals surface area contributed by atoms with Crippen LogP contribution in [0.25, 0.3) is 5.69 Å². The summed E-state index contributed by atoms with van der Waals surface area (Å²) in [6.07, 6.45) is 2.61. The fourth-order valence-corrected chi connectivity index (χ4v) is 2.91. The van der Waals surface area contributed by atoms with E-state index in [2.05, 4.69) is 10.3 Å². The topological polar surface area (TPSA) is 56.2 Å². The van der Waals surface area contributed by atoms with Crippen molar-refractivity contribution in [2.75, 3.05) is 25.2 Å². The Morgan fingerprint density at radius 2 is 1.96 bits per heavy atom. The number of carbonyl (C=O) groups excluding carboxylic acids is 1. The van der Waals surface area contributed by atoms with Crippen LogP contribution in [0.15, 0.2) is 30.6 Å². The molecule has 1 saturated heterocycles. The summed E-state index contributed by atoms with van der Waals surface area (Å²) in [5.74, 6) is -0.268. The maximum absolute atomic E-state index is 13.5. The van der Waals surface area contributed by atoms with Crippen LogP contribution < -0.4 is 5.32 Å². The van der Waals surface area contributed by atoms with E-state index in [4.69, 9.17) is 4.74 Å². The van der Waals surface area contributed by atoms with E-state index in [0.717, 1.165) is 17.1 Å². The third-order valence-electron chi connectivity index (χ3n) is 4.84. The lowest BCUT2D eigenvalue weighted by Gasteiger charge is -2.33. The van der Waals surface area contributed by atoms with Gasteiger partial charge in [0.15, 0.2) is 0 Å². The molecule has 1 N–H and O–H groups in total.